The smallest absolute Gasteiger partial charge is 0.243 e. The Bertz CT molecular complexity index is 1200. The molecular weight excluding hydrogens is 432 g/mol. The number of benzene rings is 1. The Kier molecular flexibility index (Phi) is 5.02. The Hall–Kier alpha value is -2.77. The highest BCUT2D eigenvalue weighted by molar-refractivity contribution is 7.16. The Morgan fingerprint density at radius 1 is 1.29 bits per heavy atom. The fraction of sp³-hybridized carbons (Fsp3) is 0.304. The van der Waals surface area contributed by atoms with Crippen LogP contribution in [0.4, 0.5) is 0 Å². The lowest BCUT2D eigenvalue weighted by molar-refractivity contribution is -0.0884. The fourth-order valence-corrected chi connectivity index (χ4v) is 5.28. The van der Waals surface area contributed by atoms with Crippen LogP contribution in [-0.2, 0) is 10.6 Å². The molecule has 0 aliphatic carbocycles. The van der Waals surface area contributed by atoms with Crippen molar-refractivity contribution in [3.63, 3.8) is 0 Å². The lowest BCUT2D eigenvalue weighted by Gasteiger charge is -2.36. The molecule has 2 aliphatic heterocycles. The number of methoxy groups -OCH3 is 1. The van der Waals surface area contributed by atoms with Crippen molar-refractivity contribution in [2.24, 2.45) is 5.16 Å². The summed E-state index contributed by atoms with van der Waals surface area (Å²) in [7, 11) is 1.69. The molecule has 1 atom stereocenters. The molecule has 1 aromatic carbocycles. The van der Waals surface area contributed by atoms with Crippen LogP contribution in [0, 0.1) is 6.92 Å². The van der Waals surface area contributed by atoms with E-state index in [-0.39, 0.29) is 0 Å². The number of fused-ring (bicyclic) bond motifs is 1. The van der Waals surface area contributed by atoms with Crippen molar-refractivity contribution in [1.82, 2.24) is 14.5 Å². The lowest BCUT2D eigenvalue weighted by Crippen LogP contribution is -2.46. The molecule has 0 radical (unpaired) electrons. The van der Waals surface area contributed by atoms with Gasteiger partial charge in [-0.1, -0.05) is 22.8 Å². The van der Waals surface area contributed by atoms with Gasteiger partial charge in [0.25, 0.3) is 0 Å². The number of thiophene rings is 1. The molecule has 3 aromatic rings. The minimum Gasteiger partial charge on any atom is -0.495 e. The second-order valence-electron chi connectivity index (χ2n) is 7.87. The van der Waals surface area contributed by atoms with E-state index in [4.69, 9.17) is 21.2 Å². The van der Waals surface area contributed by atoms with Crippen LogP contribution >= 0.6 is 22.9 Å². The average molecular weight is 455 g/mol. The first kappa shape index (κ1) is 20.2. The molecule has 0 spiro atoms. The molecule has 8 heteroatoms. The normalized spacial score (nSPS) is 21.7. The summed E-state index contributed by atoms with van der Waals surface area (Å²) in [6.45, 7) is 4.92. The summed E-state index contributed by atoms with van der Waals surface area (Å²) in [5.74, 6) is 1.69. The van der Waals surface area contributed by atoms with Crippen LogP contribution in [0.15, 0.2) is 53.6 Å². The molecule has 0 saturated carbocycles. The third-order valence-corrected chi connectivity index (χ3v) is 7.18. The highest BCUT2D eigenvalue weighted by Crippen LogP contribution is 2.43. The van der Waals surface area contributed by atoms with Crippen molar-refractivity contribution in [2.45, 2.75) is 32.4 Å². The van der Waals surface area contributed by atoms with E-state index >= 15 is 0 Å². The quantitative estimate of drug-likeness (QED) is 0.515. The summed E-state index contributed by atoms with van der Waals surface area (Å²) < 4.78 is 8.39. The number of ether oxygens (including phenoxy) is 1. The molecule has 1 fully saturated rings. The van der Waals surface area contributed by atoms with Gasteiger partial charge >= 0.3 is 0 Å². The monoisotopic (exact) mass is 454 g/mol. The summed E-state index contributed by atoms with van der Waals surface area (Å²) in [6, 6.07) is 10.1. The summed E-state index contributed by atoms with van der Waals surface area (Å²) in [5.41, 5.74) is 3.52. The molecule has 31 heavy (non-hydrogen) atoms. The Labute approximate surface area is 190 Å². The van der Waals surface area contributed by atoms with Crippen molar-refractivity contribution < 1.29 is 9.57 Å². The van der Waals surface area contributed by atoms with Crippen molar-refractivity contribution in [3.8, 4) is 11.4 Å². The van der Waals surface area contributed by atoms with Crippen LogP contribution in [0.25, 0.3) is 11.8 Å². The maximum Gasteiger partial charge on any atom is 0.243 e. The van der Waals surface area contributed by atoms with E-state index in [1.807, 2.05) is 35.9 Å². The van der Waals surface area contributed by atoms with E-state index in [2.05, 4.69) is 40.2 Å². The molecule has 4 heterocycles. The third-order valence-electron chi connectivity index (χ3n) is 5.76. The highest BCUT2D eigenvalue weighted by atomic mass is 35.5. The molecule has 0 bridgehead atoms. The predicted molar refractivity (Wildman–Crippen MR) is 124 cm³/mol. The first-order chi connectivity index (χ1) is 15.0. The average Bonchev–Trinajstić information content (AvgIpc) is 3.48. The third kappa shape index (κ3) is 3.51. The van der Waals surface area contributed by atoms with Gasteiger partial charge in [0.15, 0.2) is 5.84 Å². The maximum absolute atomic E-state index is 6.18. The van der Waals surface area contributed by atoms with Gasteiger partial charge in [-0.25, -0.2) is 4.98 Å². The molecule has 160 valence electrons. The molecule has 6 nitrogen and oxygen atoms in total. The van der Waals surface area contributed by atoms with Gasteiger partial charge in [0.1, 0.15) is 5.75 Å². The van der Waals surface area contributed by atoms with E-state index in [0.29, 0.717) is 0 Å². The fourth-order valence-electron chi connectivity index (χ4n) is 4.15. The first-order valence-electron chi connectivity index (χ1n) is 10.2. The molecule has 0 N–H and O–H groups in total. The predicted octanol–water partition coefficient (Wildman–Crippen LogP) is 5.60. The first-order valence-corrected chi connectivity index (χ1v) is 11.4. The molecule has 2 aromatic heterocycles. The topological polar surface area (TPSA) is 51.9 Å². The van der Waals surface area contributed by atoms with Crippen molar-refractivity contribution >= 4 is 34.8 Å². The van der Waals surface area contributed by atoms with E-state index in [0.717, 1.165) is 62.7 Å². The molecule has 1 unspecified atom stereocenters. The highest BCUT2D eigenvalue weighted by Gasteiger charge is 2.46. The number of rotatable bonds is 4. The number of aryl methyl sites for hydroxylation is 1. The number of oxime groups is 1. The van der Waals surface area contributed by atoms with E-state index in [9.17, 15) is 0 Å². The van der Waals surface area contributed by atoms with Crippen LogP contribution in [0.2, 0.25) is 4.34 Å². The van der Waals surface area contributed by atoms with Crippen LogP contribution in [-0.4, -0.2) is 33.9 Å². The lowest BCUT2D eigenvalue weighted by atomic mass is 9.98. The zero-order chi connectivity index (χ0) is 21.6. The Morgan fingerprint density at radius 2 is 2.16 bits per heavy atom. The Balaban J connectivity index is 1.46. The maximum atomic E-state index is 6.18. The standard InChI is InChI=1S/C23H23ClN4O2S/c1-15-13-27(14-25-15)18-7-6-16(12-19(18)29-3)11-17-5-4-10-28-22(17)26-30-23(28,2)20-8-9-21(24)31-20/h6-9,11-14H,4-5,10H2,1-3H3/b17-11+. The van der Waals surface area contributed by atoms with Gasteiger partial charge in [-0.15, -0.1) is 11.3 Å². The minimum absolute atomic E-state index is 0.618. The summed E-state index contributed by atoms with van der Waals surface area (Å²) in [5, 5.41) is 4.48. The van der Waals surface area contributed by atoms with Crippen LogP contribution < -0.4 is 4.74 Å². The SMILES string of the molecule is COc1cc(/C=C2\CCCN3C2=NOC3(C)c2ccc(Cl)s2)ccc1-n1cnc(C)c1. The number of halogens is 1. The number of amidine groups is 1. The summed E-state index contributed by atoms with van der Waals surface area (Å²) in [6.07, 6.45) is 7.94. The van der Waals surface area contributed by atoms with Gasteiger partial charge < -0.3 is 19.0 Å². The van der Waals surface area contributed by atoms with Crippen molar-refractivity contribution in [2.75, 3.05) is 13.7 Å². The van der Waals surface area contributed by atoms with Crippen LogP contribution in [0.5, 0.6) is 5.75 Å². The van der Waals surface area contributed by atoms with E-state index in [1.54, 1.807) is 13.4 Å². The number of nitrogens with zero attached hydrogens (tertiary/aromatic N) is 4. The molecule has 5 rings (SSSR count). The van der Waals surface area contributed by atoms with Gasteiger partial charge in [0, 0.05) is 19.7 Å². The van der Waals surface area contributed by atoms with Gasteiger partial charge in [-0.05, 0) is 61.2 Å². The zero-order valence-electron chi connectivity index (χ0n) is 17.6. The number of imidazole rings is 1. The molecular formula is C23H23ClN4O2S. The van der Waals surface area contributed by atoms with Gasteiger partial charge in [-0.2, -0.15) is 0 Å². The van der Waals surface area contributed by atoms with Crippen molar-refractivity contribution in [3.05, 3.63) is 68.9 Å². The van der Waals surface area contributed by atoms with E-state index < -0.39 is 5.72 Å². The second-order valence-corrected chi connectivity index (χ2v) is 9.59. The largest absolute Gasteiger partial charge is 0.495 e. The number of aromatic nitrogens is 2. The van der Waals surface area contributed by atoms with E-state index in [1.165, 1.54) is 11.3 Å². The van der Waals surface area contributed by atoms with Crippen LogP contribution in [0.3, 0.4) is 0 Å². The zero-order valence-corrected chi connectivity index (χ0v) is 19.2. The molecule has 0 amide bonds. The Morgan fingerprint density at radius 3 is 2.87 bits per heavy atom. The van der Waals surface area contributed by atoms with Gasteiger partial charge in [-0.3, -0.25) is 0 Å². The number of hydrogen-bond donors (Lipinski definition) is 0. The summed E-state index contributed by atoms with van der Waals surface area (Å²) in [4.78, 5) is 13.6. The van der Waals surface area contributed by atoms with Crippen molar-refractivity contribution in [1.29, 1.82) is 0 Å². The number of piperidine rings is 1. The number of hydrogen-bond acceptors (Lipinski definition) is 6. The molecule has 1 saturated heterocycles. The molecule has 2 aliphatic rings. The van der Waals surface area contributed by atoms with Gasteiger partial charge in [0.2, 0.25) is 5.72 Å². The summed E-state index contributed by atoms with van der Waals surface area (Å²) >= 11 is 7.71. The minimum atomic E-state index is -0.618. The van der Waals surface area contributed by atoms with Crippen LogP contribution in [0.1, 0.15) is 35.9 Å². The second kappa shape index (κ2) is 7.73. The van der Waals surface area contributed by atoms with Gasteiger partial charge in [0.05, 0.1) is 34.0 Å².